The molecule has 0 bridgehead atoms. The monoisotopic (exact) mass is 245 g/mol. The van der Waals surface area contributed by atoms with Gasteiger partial charge in [-0.3, -0.25) is 0 Å². The minimum Gasteiger partial charge on any atom is -0.382 e. The van der Waals surface area contributed by atoms with E-state index in [2.05, 4.69) is 22.2 Å². The summed E-state index contributed by atoms with van der Waals surface area (Å²) in [6.07, 6.45) is 10.6. The highest BCUT2D eigenvalue weighted by molar-refractivity contribution is 5.64. The van der Waals surface area contributed by atoms with Crippen LogP contribution in [0.1, 0.15) is 32.6 Å². The highest BCUT2D eigenvalue weighted by Gasteiger charge is 2.34. The van der Waals surface area contributed by atoms with Gasteiger partial charge in [-0.2, -0.15) is 0 Å². The van der Waals surface area contributed by atoms with Crippen molar-refractivity contribution in [3.8, 4) is 0 Å². The fourth-order valence-corrected chi connectivity index (χ4v) is 2.67. The average molecular weight is 245 g/mol. The fourth-order valence-electron chi connectivity index (χ4n) is 2.67. The number of imidazole rings is 1. The lowest BCUT2D eigenvalue weighted by Gasteiger charge is -2.41. The van der Waals surface area contributed by atoms with Gasteiger partial charge in [-0.05, 0) is 24.7 Å². The van der Waals surface area contributed by atoms with Crippen molar-refractivity contribution in [3.63, 3.8) is 0 Å². The number of anilines is 2. The first-order valence-electron chi connectivity index (χ1n) is 6.55. The summed E-state index contributed by atoms with van der Waals surface area (Å²) in [5.74, 6) is 1.31. The number of nitrogens with one attached hydrogen (secondary N) is 1. The number of fused-ring (bicyclic) bond motifs is 1. The first-order chi connectivity index (χ1) is 8.72. The van der Waals surface area contributed by atoms with Crippen molar-refractivity contribution in [1.82, 2.24) is 14.4 Å². The summed E-state index contributed by atoms with van der Waals surface area (Å²) < 4.78 is 1.91. The Bertz CT molecular complexity index is 550. The Kier molecular flexibility index (Phi) is 2.61. The maximum atomic E-state index is 5.80. The maximum absolute atomic E-state index is 5.80. The molecule has 96 valence electrons. The van der Waals surface area contributed by atoms with E-state index in [-0.39, 0.29) is 0 Å². The third-order valence-electron chi connectivity index (χ3n) is 4.19. The Labute approximate surface area is 106 Å². The quantitative estimate of drug-likeness (QED) is 0.867. The number of nitrogens with two attached hydrogens (primary N) is 1. The van der Waals surface area contributed by atoms with Gasteiger partial charge < -0.3 is 15.5 Å². The summed E-state index contributed by atoms with van der Waals surface area (Å²) in [4.78, 5) is 8.67. The lowest BCUT2D eigenvalue weighted by atomic mass is 9.67. The summed E-state index contributed by atoms with van der Waals surface area (Å²) in [5, 5.41) is 3.43. The molecule has 5 nitrogen and oxygen atoms in total. The molecule has 0 spiro atoms. The summed E-state index contributed by atoms with van der Waals surface area (Å²) in [6.45, 7) is 3.22. The first-order valence-corrected chi connectivity index (χ1v) is 6.55. The predicted molar refractivity (Wildman–Crippen MR) is 72.5 cm³/mol. The zero-order chi connectivity index (χ0) is 12.6. The van der Waals surface area contributed by atoms with E-state index in [4.69, 9.17) is 5.73 Å². The van der Waals surface area contributed by atoms with Crippen LogP contribution in [0.15, 0.2) is 18.6 Å². The van der Waals surface area contributed by atoms with Crippen LogP contribution >= 0.6 is 0 Å². The van der Waals surface area contributed by atoms with Crippen LogP contribution in [0.3, 0.4) is 0 Å². The molecule has 1 fully saturated rings. The van der Waals surface area contributed by atoms with Crippen LogP contribution in [0, 0.1) is 5.41 Å². The molecule has 0 unspecified atom stereocenters. The van der Waals surface area contributed by atoms with E-state index < -0.39 is 0 Å². The molecule has 0 saturated heterocycles. The third kappa shape index (κ3) is 1.79. The van der Waals surface area contributed by atoms with Gasteiger partial charge in [0.1, 0.15) is 5.82 Å². The summed E-state index contributed by atoms with van der Waals surface area (Å²) in [6, 6.07) is 0. The smallest absolute Gasteiger partial charge is 0.180 e. The largest absolute Gasteiger partial charge is 0.382 e. The Morgan fingerprint density at radius 2 is 2.33 bits per heavy atom. The number of hydrogen-bond acceptors (Lipinski definition) is 4. The molecule has 5 heteroatoms. The minimum absolute atomic E-state index is 0.454. The molecule has 1 aliphatic rings. The van der Waals surface area contributed by atoms with Crippen molar-refractivity contribution in [1.29, 1.82) is 0 Å². The number of hydrogen-bond donors (Lipinski definition) is 2. The van der Waals surface area contributed by atoms with Gasteiger partial charge in [0.05, 0.1) is 6.20 Å². The summed E-state index contributed by atoms with van der Waals surface area (Å²) in [7, 11) is 0. The number of nitrogen functional groups attached to an aromatic ring is 1. The second kappa shape index (κ2) is 4.15. The van der Waals surface area contributed by atoms with Gasteiger partial charge in [0, 0.05) is 18.9 Å². The molecule has 0 amide bonds. The van der Waals surface area contributed by atoms with Crippen LogP contribution in [0.4, 0.5) is 11.6 Å². The van der Waals surface area contributed by atoms with E-state index >= 15 is 0 Å². The lowest BCUT2D eigenvalue weighted by molar-refractivity contribution is 0.145. The lowest BCUT2D eigenvalue weighted by Crippen LogP contribution is -2.36. The van der Waals surface area contributed by atoms with E-state index in [1.54, 1.807) is 12.4 Å². The number of rotatable bonds is 4. The van der Waals surface area contributed by atoms with E-state index in [0.717, 1.165) is 18.0 Å². The topological polar surface area (TPSA) is 68.2 Å². The molecule has 3 rings (SSSR count). The zero-order valence-electron chi connectivity index (χ0n) is 10.7. The fraction of sp³-hybridized carbons (Fsp3) is 0.538. The normalized spacial score (nSPS) is 17.6. The Balaban J connectivity index is 1.83. The molecule has 2 aromatic rings. The van der Waals surface area contributed by atoms with E-state index in [9.17, 15) is 0 Å². The van der Waals surface area contributed by atoms with Crippen LogP contribution in [0.25, 0.3) is 5.65 Å². The van der Waals surface area contributed by atoms with Crippen molar-refractivity contribution >= 4 is 17.3 Å². The standard InChI is InChI=1S/C13H19N5/c1-2-13(4-3-5-13)9-16-11-12-15-6-7-18(12)8-10(14)17-11/h6-8H,2-5,9,14H2,1H3,(H,16,17). The number of nitrogens with zero attached hydrogens (tertiary/aromatic N) is 3. The maximum Gasteiger partial charge on any atom is 0.180 e. The molecule has 0 aliphatic heterocycles. The summed E-state index contributed by atoms with van der Waals surface area (Å²) in [5.41, 5.74) is 7.10. The minimum atomic E-state index is 0.454. The first kappa shape index (κ1) is 11.3. The highest BCUT2D eigenvalue weighted by Crippen LogP contribution is 2.43. The van der Waals surface area contributed by atoms with Crippen LogP contribution in [-0.4, -0.2) is 20.9 Å². The van der Waals surface area contributed by atoms with Crippen LogP contribution < -0.4 is 11.1 Å². The second-order valence-electron chi connectivity index (χ2n) is 5.23. The Morgan fingerprint density at radius 3 is 3.00 bits per heavy atom. The van der Waals surface area contributed by atoms with Crippen LogP contribution in [-0.2, 0) is 0 Å². The zero-order valence-corrected chi connectivity index (χ0v) is 10.7. The van der Waals surface area contributed by atoms with E-state index in [1.165, 1.54) is 25.7 Å². The van der Waals surface area contributed by atoms with Gasteiger partial charge in [-0.1, -0.05) is 13.3 Å². The predicted octanol–water partition coefficient (Wildman–Crippen LogP) is 2.30. The highest BCUT2D eigenvalue weighted by atomic mass is 15.1. The Hall–Kier alpha value is -1.78. The molecule has 1 saturated carbocycles. The number of aromatic nitrogens is 3. The molecule has 0 atom stereocenters. The van der Waals surface area contributed by atoms with Gasteiger partial charge in [0.25, 0.3) is 0 Å². The van der Waals surface area contributed by atoms with Gasteiger partial charge in [0.2, 0.25) is 0 Å². The van der Waals surface area contributed by atoms with Crippen molar-refractivity contribution in [2.24, 2.45) is 5.41 Å². The van der Waals surface area contributed by atoms with E-state index in [0.29, 0.717) is 11.2 Å². The molecule has 18 heavy (non-hydrogen) atoms. The Morgan fingerprint density at radius 1 is 1.50 bits per heavy atom. The van der Waals surface area contributed by atoms with Crippen LogP contribution in [0.5, 0.6) is 0 Å². The molecule has 2 aromatic heterocycles. The van der Waals surface area contributed by atoms with Gasteiger partial charge in [-0.25, -0.2) is 9.97 Å². The molecule has 3 N–H and O–H groups in total. The molecular weight excluding hydrogens is 226 g/mol. The summed E-state index contributed by atoms with van der Waals surface area (Å²) >= 11 is 0. The molecule has 2 heterocycles. The molecule has 0 radical (unpaired) electrons. The van der Waals surface area contributed by atoms with E-state index in [1.807, 2.05) is 10.6 Å². The SMILES string of the molecule is CCC1(CNc2nc(N)cn3ccnc23)CCC1. The van der Waals surface area contributed by atoms with Crippen molar-refractivity contribution in [2.75, 3.05) is 17.6 Å². The van der Waals surface area contributed by atoms with Crippen molar-refractivity contribution in [3.05, 3.63) is 18.6 Å². The van der Waals surface area contributed by atoms with Crippen molar-refractivity contribution < 1.29 is 0 Å². The van der Waals surface area contributed by atoms with Crippen molar-refractivity contribution in [2.45, 2.75) is 32.6 Å². The average Bonchev–Trinajstić information content (AvgIpc) is 2.75. The molecule has 0 aromatic carbocycles. The van der Waals surface area contributed by atoms with Gasteiger partial charge in [0.15, 0.2) is 11.5 Å². The van der Waals surface area contributed by atoms with Crippen LogP contribution in [0.2, 0.25) is 0 Å². The third-order valence-corrected chi connectivity index (χ3v) is 4.19. The second-order valence-corrected chi connectivity index (χ2v) is 5.23. The van der Waals surface area contributed by atoms with Gasteiger partial charge >= 0.3 is 0 Å². The molecule has 1 aliphatic carbocycles. The van der Waals surface area contributed by atoms with Gasteiger partial charge in [-0.15, -0.1) is 0 Å². The molecular formula is C13H19N5.